The fourth-order valence-corrected chi connectivity index (χ4v) is 3.03. The van der Waals surface area contributed by atoms with E-state index in [1.807, 2.05) is 39.0 Å². The number of aromatic amines is 1. The highest BCUT2D eigenvalue weighted by atomic mass is 32.2. The predicted molar refractivity (Wildman–Crippen MR) is 93.0 cm³/mol. The number of amides is 1. The van der Waals surface area contributed by atoms with E-state index in [0.717, 1.165) is 23.2 Å². The summed E-state index contributed by atoms with van der Waals surface area (Å²) in [6, 6.07) is 5.82. The van der Waals surface area contributed by atoms with Crippen molar-refractivity contribution in [1.82, 2.24) is 14.8 Å². The predicted octanol–water partition coefficient (Wildman–Crippen LogP) is 2.72. The monoisotopic (exact) mass is 334 g/mol. The van der Waals surface area contributed by atoms with Crippen LogP contribution >= 0.6 is 11.8 Å². The van der Waals surface area contributed by atoms with Crippen LogP contribution in [-0.2, 0) is 11.3 Å². The molecular formula is C16H22N4O2S. The van der Waals surface area contributed by atoms with Gasteiger partial charge in [0.2, 0.25) is 5.91 Å². The first-order chi connectivity index (χ1) is 10.9. The quantitative estimate of drug-likeness (QED) is 0.796. The van der Waals surface area contributed by atoms with E-state index in [9.17, 15) is 9.59 Å². The molecule has 1 atom stereocenters. The maximum absolute atomic E-state index is 12.4. The molecule has 7 heteroatoms. The lowest BCUT2D eigenvalue weighted by atomic mass is 10.1. The van der Waals surface area contributed by atoms with E-state index in [2.05, 4.69) is 15.5 Å². The molecule has 0 aliphatic heterocycles. The van der Waals surface area contributed by atoms with Crippen molar-refractivity contribution < 1.29 is 4.79 Å². The number of hydrogen-bond acceptors (Lipinski definition) is 4. The van der Waals surface area contributed by atoms with Crippen LogP contribution in [0.25, 0.3) is 0 Å². The molecule has 0 spiro atoms. The Balaban J connectivity index is 2.09. The Morgan fingerprint density at radius 1 is 1.43 bits per heavy atom. The summed E-state index contributed by atoms with van der Waals surface area (Å²) in [5.41, 5.74) is 2.76. The van der Waals surface area contributed by atoms with Crippen LogP contribution in [-0.4, -0.2) is 25.9 Å². The van der Waals surface area contributed by atoms with Gasteiger partial charge in [0, 0.05) is 12.2 Å². The maximum Gasteiger partial charge on any atom is 0.343 e. The molecule has 0 unspecified atom stereocenters. The van der Waals surface area contributed by atoms with Crippen molar-refractivity contribution in [2.45, 2.75) is 51.1 Å². The molecule has 1 amide bonds. The van der Waals surface area contributed by atoms with E-state index in [0.29, 0.717) is 11.7 Å². The molecule has 0 saturated carbocycles. The van der Waals surface area contributed by atoms with Gasteiger partial charge in [-0.3, -0.25) is 9.36 Å². The van der Waals surface area contributed by atoms with Gasteiger partial charge in [0.05, 0.1) is 5.25 Å². The maximum atomic E-state index is 12.4. The molecule has 1 aromatic heterocycles. The summed E-state index contributed by atoms with van der Waals surface area (Å²) in [6.45, 7) is 8.37. The van der Waals surface area contributed by atoms with Gasteiger partial charge in [-0.05, 0) is 44.4 Å². The molecule has 0 radical (unpaired) electrons. The number of nitrogens with zero attached hydrogens (tertiary/aromatic N) is 2. The third-order valence-electron chi connectivity index (χ3n) is 3.68. The van der Waals surface area contributed by atoms with Crippen molar-refractivity contribution in [1.29, 1.82) is 0 Å². The molecule has 0 aliphatic rings. The van der Waals surface area contributed by atoms with Crippen molar-refractivity contribution in [3.8, 4) is 0 Å². The van der Waals surface area contributed by atoms with Gasteiger partial charge < -0.3 is 5.32 Å². The summed E-state index contributed by atoms with van der Waals surface area (Å²) in [4.78, 5) is 24.1. The summed E-state index contributed by atoms with van der Waals surface area (Å²) in [5, 5.41) is 9.57. The molecule has 6 nitrogen and oxygen atoms in total. The third-order valence-corrected chi connectivity index (χ3v) is 4.77. The standard InChI is InChI=1S/C16H22N4O2S/c1-5-9-20-15(22)18-19-16(20)23-12(4)14(21)17-13-8-6-7-10(2)11(13)3/h6-8,12H,5,9H2,1-4H3,(H,17,21)(H,18,22)/t12-/m1/s1. The van der Waals surface area contributed by atoms with Gasteiger partial charge in [-0.2, -0.15) is 0 Å². The Morgan fingerprint density at radius 3 is 2.87 bits per heavy atom. The average Bonchev–Trinajstić information content (AvgIpc) is 2.85. The number of carbonyl (C=O) groups excluding carboxylic acids is 1. The first-order valence-corrected chi connectivity index (χ1v) is 8.51. The van der Waals surface area contributed by atoms with Crippen molar-refractivity contribution in [3.05, 3.63) is 39.8 Å². The molecule has 2 rings (SSSR count). The molecule has 0 saturated heterocycles. The van der Waals surface area contributed by atoms with Crippen LogP contribution in [0.5, 0.6) is 0 Å². The van der Waals surface area contributed by atoms with Crippen molar-refractivity contribution >= 4 is 23.4 Å². The molecule has 0 fully saturated rings. The highest BCUT2D eigenvalue weighted by molar-refractivity contribution is 8.00. The van der Waals surface area contributed by atoms with Crippen molar-refractivity contribution in [2.75, 3.05) is 5.32 Å². The largest absolute Gasteiger partial charge is 0.343 e. The SMILES string of the molecule is CCCn1c(S[C@H](C)C(=O)Nc2cccc(C)c2C)n[nH]c1=O. The number of benzene rings is 1. The van der Waals surface area contributed by atoms with E-state index >= 15 is 0 Å². The number of carbonyl (C=O) groups is 1. The first kappa shape index (κ1) is 17.3. The Morgan fingerprint density at radius 2 is 2.17 bits per heavy atom. The molecule has 2 aromatic rings. The molecule has 1 heterocycles. The van der Waals surface area contributed by atoms with Crippen LogP contribution in [0.15, 0.2) is 28.2 Å². The number of anilines is 1. The second kappa shape index (κ2) is 7.50. The van der Waals surface area contributed by atoms with Crippen LogP contribution in [0.1, 0.15) is 31.4 Å². The Kier molecular flexibility index (Phi) is 5.65. The van der Waals surface area contributed by atoms with Crippen molar-refractivity contribution in [3.63, 3.8) is 0 Å². The molecule has 2 N–H and O–H groups in total. The van der Waals surface area contributed by atoms with E-state index in [1.54, 1.807) is 11.5 Å². The smallest absolute Gasteiger partial charge is 0.325 e. The second-order valence-corrected chi connectivity index (χ2v) is 6.77. The number of H-pyrrole nitrogens is 1. The highest BCUT2D eigenvalue weighted by Crippen LogP contribution is 2.23. The van der Waals surface area contributed by atoms with Crippen LogP contribution in [0.4, 0.5) is 5.69 Å². The summed E-state index contributed by atoms with van der Waals surface area (Å²) in [6.07, 6.45) is 0.829. The highest BCUT2D eigenvalue weighted by Gasteiger charge is 2.19. The number of nitrogens with one attached hydrogen (secondary N) is 2. The molecule has 0 aliphatic carbocycles. The Labute approximate surface area is 139 Å². The Bertz CT molecular complexity index is 751. The fourth-order valence-electron chi connectivity index (χ4n) is 2.15. The third kappa shape index (κ3) is 4.04. The lowest BCUT2D eigenvalue weighted by Crippen LogP contribution is -2.24. The summed E-state index contributed by atoms with van der Waals surface area (Å²) < 4.78 is 1.56. The van der Waals surface area contributed by atoms with E-state index in [-0.39, 0.29) is 16.8 Å². The minimum atomic E-state index is -0.360. The first-order valence-electron chi connectivity index (χ1n) is 7.63. The minimum Gasteiger partial charge on any atom is -0.325 e. The van der Waals surface area contributed by atoms with Gasteiger partial charge in [-0.15, -0.1) is 5.10 Å². The normalized spacial score (nSPS) is 12.2. The minimum absolute atomic E-state index is 0.109. The number of aromatic nitrogens is 3. The van der Waals surface area contributed by atoms with Gasteiger partial charge in [-0.25, -0.2) is 9.89 Å². The van der Waals surface area contributed by atoms with E-state index < -0.39 is 0 Å². The molecular weight excluding hydrogens is 312 g/mol. The number of thioether (sulfide) groups is 1. The lowest BCUT2D eigenvalue weighted by molar-refractivity contribution is -0.115. The Hall–Kier alpha value is -2.02. The lowest BCUT2D eigenvalue weighted by Gasteiger charge is -2.14. The summed E-state index contributed by atoms with van der Waals surface area (Å²) in [5.74, 6) is -0.109. The average molecular weight is 334 g/mol. The van der Waals surface area contributed by atoms with Crippen molar-refractivity contribution in [2.24, 2.45) is 0 Å². The van der Waals surface area contributed by atoms with E-state index in [4.69, 9.17) is 0 Å². The molecule has 1 aromatic carbocycles. The van der Waals surface area contributed by atoms with Gasteiger partial charge in [0.1, 0.15) is 0 Å². The van der Waals surface area contributed by atoms with Crippen LogP contribution in [0, 0.1) is 13.8 Å². The zero-order valence-corrected chi connectivity index (χ0v) is 14.7. The number of hydrogen-bond donors (Lipinski definition) is 2. The molecule has 124 valence electrons. The fraction of sp³-hybridized carbons (Fsp3) is 0.438. The van der Waals surface area contributed by atoms with Crippen LogP contribution < -0.4 is 11.0 Å². The topological polar surface area (TPSA) is 79.8 Å². The number of rotatable bonds is 6. The van der Waals surface area contributed by atoms with Gasteiger partial charge in [0.25, 0.3) is 0 Å². The molecule has 23 heavy (non-hydrogen) atoms. The van der Waals surface area contributed by atoms with Gasteiger partial charge >= 0.3 is 5.69 Å². The zero-order valence-electron chi connectivity index (χ0n) is 13.8. The second-order valence-electron chi connectivity index (χ2n) is 5.46. The van der Waals surface area contributed by atoms with Crippen LogP contribution in [0.2, 0.25) is 0 Å². The van der Waals surface area contributed by atoms with Gasteiger partial charge in [0.15, 0.2) is 5.16 Å². The number of aryl methyl sites for hydroxylation is 1. The molecule has 0 bridgehead atoms. The van der Waals surface area contributed by atoms with Gasteiger partial charge in [-0.1, -0.05) is 30.8 Å². The zero-order chi connectivity index (χ0) is 17.0. The van der Waals surface area contributed by atoms with E-state index in [1.165, 1.54) is 11.8 Å². The van der Waals surface area contributed by atoms with Crippen LogP contribution in [0.3, 0.4) is 0 Å². The summed E-state index contributed by atoms with van der Waals surface area (Å²) >= 11 is 1.28. The summed E-state index contributed by atoms with van der Waals surface area (Å²) in [7, 11) is 0.